The molecule has 0 bridgehead atoms. The van der Waals surface area contributed by atoms with E-state index in [0.717, 1.165) is 30.4 Å². The number of carbonyl (C=O) groups is 2. The van der Waals surface area contributed by atoms with Crippen LogP contribution in [0.1, 0.15) is 47.9 Å². The first kappa shape index (κ1) is 22.8. The Balaban J connectivity index is 1.52. The fraction of sp³-hybridized carbons (Fsp3) is 0.440. The van der Waals surface area contributed by atoms with Gasteiger partial charge in [-0.2, -0.15) is 11.8 Å². The minimum Gasteiger partial charge on any atom is -0.395 e. The highest BCUT2D eigenvalue weighted by Crippen LogP contribution is 2.36. The minimum atomic E-state index is -0.800. The van der Waals surface area contributed by atoms with E-state index in [4.69, 9.17) is 0 Å². The van der Waals surface area contributed by atoms with E-state index in [0.29, 0.717) is 17.2 Å². The maximum atomic E-state index is 13.3. The summed E-state index contributed by atoms with van der Waals surface area (Å²) in [7, 11) is 0. The van der Waals surface area contributed by atoms with Gasteiger partial charge in [0.05, 0.1) is 24.6 Å². The van der Waals surface area contributed by atoms with Gasteiger partial charge < -0.3 is 15.7 Å². The standard InChI is InChI=1S/C25H29FN2O3S/c1-32-22-8-4-7-19(22)24(30)28-23-18-6-3-2-5-16(18)13-21(23)27-25(31)20(14-29)15-9-11-17(26)12-10-15/h2-3,5-6,9-12,19-23,29H,4,7-8,13-14H2,1H3,(H,27,31)(H,28,30)/t19?,20?,21-,22?,23-/m1/s1. The average molecular weight is 457 g/mol. The highest BCUT2D eigenvalue weighted by Gasteiger charge is 2.39. The van der Waals surface area contributed by atoms with Gasteiger partial charge in [0.2, 0.25) is 11.8 Å². The van der Waals surface area contributed by atoms with Gasteiger partial charge >= 0.3 is 0 Å². The fourth-order valence-corrected chi connectivity index (χ4v) is 5.98. The van der Waals surface area contributed by atoms with Gasteiger partial charge in [0, 0.05) is 11.2 Å². The van der Waals surface area contributed by atoms with E-state index in [1.165, 1.54) is 24.3 Å². The normalized spacial score (nSPS) is 25.2. The van der Waals surface area contributed by atoms with Gasteiger partial charge in [-0.15, -0.1) is 0 Å². The number of aliphatic hydroxyl groups is 1. The number of nitrogens with one attached hydrogen (secondary N) is 2. The predicted molar refractivity (Wildman–Crippen MR) is 124 cm³/mol. The second-order valence-electron chi connectivity index (χ2n) is 8.60. The van der Waals surface area contributed by atoms with Crippen molar-refractivity contribution in [2.24, 2.45) is 5.92 Å². The van der Waals surface area contributed by atoms with E-state index >= 15 is 0 Å². The molecule has 2 aliphatic rings. The van der Waals surface area contributed by atoms with Crippen molar-refractivity contribution in [1.29, 1.82) is 0 Å². The molecule has 2 aliphatic carbocycles. The number of hydrogen-bond donors (Lipinski definition) is 3. The highest BCUT2D eigenvalue weighted by atomic mass is 32.2. The summed E-state index contributed by atoms with van der Waals surface area (Å²) in [5.41, 5.74) is 2.67. The lowest BCUT2D eigenvalue weighted by molar-refractivity contribution is -0.127. The molecule has 1 saturated carbocycles. The molecule has 5 nitrogen and oxygen atoms in total. The van der Waals surface area contributed by atoms with Crippen LogP contribution in [0.2, 0.25) is 0 Å². The number of halogens is 1. The number of hydrogen-bond acceptors (Lipinski definition) is 4. The zero-order valence-corrected chi connectivity index (χ0v) is 18.9. The van der Waals surface area contributed by atoms with Crippen molar-refractivity contribution >= 4 is 23.6 Å². The molecule has 0 saturated heterocycles. The van der Waals surface area contributed by atoms with Gasteiger partial charge in [0.15, 0.2) is 0 Å². The molecule has 5 atom stereocenters. The molecule has 2 aromatic rings. The number of carbonyl (C=O) groups excluding carboxylic acids is 2. The third kappa shape index (κ3) is 4.69. The highest BCUT2D eigenvalue weighted by molar-refractivity contribution is 7.99. The molecule has 7 heteroatoms. The number of benzene rings is 2. The molecule has 3 N–H and O–H groups in total. The molecule has 2 amide bonds. The molecule has 32 heavy (non-hydrogen) atoms. The van der Waals surface area contributed by atoms with Gasteiger partial charge in [-0.05, 0) is 54.3 Å². The molecule has 4 rings (SSSR count). The average Bonchev–Trinajstić information content (AvgIpc) is 3.40. The molecule has 170 valence electrons. The van der Waals surface area contributed by atoms with Crippen LogP contribution in [0.25, 0.3) is 0 Å². The summed E-state index contributed by atoms with van der Waals surface area (Å²) in [6.45, 7) is -0.383. The van der Waals surface area contributed by atoms with Crippen LogP contribution in [0.4, 0.5) is 4.39 Å². The van der Waals surface area contributed by atoms with Crippen LogP contribution in [-0.4, -0.2) is 41.1 Å². The van der Waals surface area contributed by atoms with E-state index in [9.17, 15) is 19.1 Å². The van der Waals surface area contributed by atoms with Gasteiger partial charge in [-0.1, -0.05) is 42.8 Å². The first-order valence-corrected chi connectivity index (χ1v) is 12.4. The van der Waals surface area contributed by atoms with E-state index in [1.807, 2.05) is 24.3 Å². The largest absolute Gasteiger partial charge is 0.395 e. The maximum absolute atomic E-state index is 13.3. The van der Waals surface area contributed by atoms with Crippen molar-refractivity contribution in [3.05, 3.63) is 71.0 Å². The smallest absolute Gasteiger partial charge is 0.230 e. The Kier molecular flexibility index (Phi) is 7.16. The molecule has 1 fully saturated rings. The summed E-state index contributed by atoms with van der Waals surface area (Å²) < 4.78 is 13.3. The zero-order valence-electron chi connectivity index (χ0n) is 18.1. The van der Waals surface area contributed by atoms with Gasteiger partial charge in [-0.25, -0.2) is 4.39 Å². The lowest BCUT2D eigenvalue weighted by Gasteiger charge is -2.27. The lowest BCUT2D eigenvalue weighted by Crippen LogP contribution is -2.47. The van der Waals surface area contributed by atoms with Crippen molar-refractivity contribution < 1.29 is 19.1 Å². The van der Waals surface area contributed by atoms with E-state index in [-0.39, 0.29) is 36.4 Å². The van der Waals surface area contributed by atoms with Crippen molar-refractivity contribution in [1.82, 2.24) is 10.6 Å². The number of rotatable bonds is 7. The van der Waals surface area contributed by atoms with Gasteiger partial charge in [-0.3, -0.25) is 9.59 Å². The van der Waals surface area contributed by atoms with Crippen molar-refractivity contribution in [3.8, 4) is 0 Å². The quantitative estimate of drug-likeness (QED) is 0.597. The Morgan fingerprint density at radius 1 is 1.12 bits per heavy atom. The summed E-state index contributed by atoms with van der Waals surface area (Å²) in [6.07, 6.45) is 5.65. The molecule has 0 aromatic heterocycles. The van der Waals surface area contributed by atoms with Crippen molar-refractivity contribution in [2.75, 3.05) is 12.9 Å². The molecular weight excluding hydrogens is 427 g/mol. The van der Waals surface area contributed by atoms with Crippen LogP contribution in [0, 0.1) is 11.7 Å². The maximum Gasteiger partial charge on any atom is 0.230 e. The Bertz CT molecular complexity index is 968. The van der Waals surface area contributed by atoms with Crippen LogP contribution in [0.5, 0.6) is 0 Å². The Hall–Kier alpha value is -2.38. The van der Waals surface area contributed by atoms with E-state index in [2.05, 4.69) is 16.9 Å². The van der Waals surface area contributed by atoms with E-state index in [1.54, 1.807) is 11.8 Å². The molecular formula is C25H29FN2O3S. The molecule has 3 unspecified atom stereocenters. The van der Waals surface area contributed by atoms with Crippen molar-refractivity contribution in [2.45, 2.75) is 48.9 Å². The summed E-state index contributed by atoms with van der Waals surface area (Å²) in [4.78, 5) is 26.2. The third-order valence-corrected chi connectivity index (χ3v) is 7.89. The Labute approximate surface area is 192 Å². The summed E-state index contributed by atoms with van der Waals surface area (Å²) in [5.74, 6) is -1.50. The molecule has 0 aliphatic heterocycles. The first-order chi connectivity index (χ1) is 15.5. The second-order valence-corrected chi connectivity index (χ2v) is 9.68. The molecule has 0 heterocycles. The predicted octanol–water partition coefficient (Wildman–Crippen LogP) is 3.33. The second kappa shape index (κ2) is 10.0. The number of aliphatic hydroxyl groups excluding tert-OH is 1. The Morgan fingerprint density at radius 3 is 2.59 bits per heavy atom. The van der Waals surface area contributed by atoms with Gasteiger partial charge in [0.25, 0.3) is 0 Å². The van der Waals surface area contributed by atoms with Crippen LogP contribution in [0.15, 0.2) is 48.5 Å². The van der Waals surface area contributed by atoms with Gasteiger partial charge in [0.1, 0.15) is 5.82 Å². The van der Waals surface area contributed by atoms with Crippen LogP contribution >= 0.6 is 11.8 Å². The third-order valence-electron chi connectivity index (χ3n) is 6.72. The lowest BCUT2D eigenvalue weighted by atomic mass is 9.97. The molecule has 2 aromatic carbocycles. The van der Waals surface area contributed by atoms with Crippen LogP contribution in [-0.2, 0) is 16.0 Å². The molecule has 0 spiro atoms. The van der Waals surface area contributed by atoms with Crippen LogP contribution in [0.3, 0.4) is 0 Å². The molecule has 0 radical (unpaired) electrons. The minimum absolute atomic E-state index is 0.0153. The van der Waals surface area contributed by atoms with Crippen LogP contribution < -0.4 is 10.6 Å². The summed E-state index contributed by atoms with van der Waals surface area (Å²) in [5, 5.41) is 16.5. The number of amides is 2. The zero-order chi connectivity index (χ0) is 22.7. The number of fused-ring (bicyclic) bond motifs is 1. The van der Waals surface area contributed by atoms with E-state index < -0.39 is 11.7 Å². The van der Waals surface area contributed by atoms with Crippen molar-refractivity contribution in [3.63, 3.8) is 0 Å². The Morgan fingerprint density at radius 2 is 1.88 bits per heavy atom. The topological polar surface area (TPSA) is 78.4 Å². The monoisotopic (exact) mass is 456 g/mol. The summed E-state index contributed by atoms with van der Waals surface area (Å²) in [6, 6.07) is 12.9. The SMILES string of the molecule is CSC1CCCC1C(=O)N[C@@H]1c2ccccc2C[C@H]1NC(=O)C(CO)c1ccc(F)cc1. The number of thioether (sulfide) groups is 1. The first-order valence-electron chi connectivity index (χ1n) is 11.1. The fourth-order valence-electron chi connectivity index (χ4n) is 4.99. The summed E-state index contributed by atoms with van der Waals surface area (Å²) >= 11 is 1.74.